The molecule has 1 saturated carbocycles. The van der Waals surface area contributed by atoms with E-state index in [0.717, 1.165) is 57.8 Å². The first-order valence-corrected chi connectivity index (χ1v) is 11.9. The van der Waals surface area contributed by atoms with Gasteiger partial charge < -0.3 is 15.4 Å². The molecule has 2 aliphatic heterocycles. The molecule has 0 spiro atoms. The molecule has 3 aliphatic rings. The van der Waals surface area contributed by atoms with Crippen LogP contribution in [-0.2, 0) is 4.74 Å². The highest BCUT2D eigenvalue weighted by Gasteiger charge is 2.40. The first-order valence-electron chi connectivity index (χ1n) is 10.8. The Bertz CT molecular complexity index is 428. The van der Waals surface area contributed by atoms with Crippen LogP contribution in [0.15, 0.2) is 4.99 Å². The number of aliphatic imine (C=N–C) groups is 1. The molecule has 5 nitrogen and oxygen atoms in total. The number of morpholine rings is 1. The van der Waals surface area contributed by atoms with Gasteiger partial charge in [-0.25, -0.2) is 0 Å². The van der Waals surface area contributed by atoms with Gasteiger partial charge in [0, 0.05) is 31.9 Å². The summed E-state index contributed by atoms with van der Waals surface area (Å²) in [4.78, 5) is 7.65. The van der Waals surface area contributed by atoms with E-state index in [-0.39, 0.29) is 5.54 Å². The Morgan fingerprint density at radius 1 is 1.23 bits per heavy atom. The van der Waals surface area contributed by atoms with E-state index in [0.29, 0.717) is 0 Å². The lowest BCUT2D eigenvalue weighted by Crippen LogP contribution is -2.56. The SMILES string of the molecule is CCNC(=NCC1(N2CCOCC2)CCSC1)NCCCC1CCCC1. The molecule has 0 radical (unpaired) electrons. The van der Waals surface area contributed by atoms with Crippen molar-refractivity contribution in [3.63, 3.8) is 0 Å². The second-order valence-corrected chi connectivity index (χ2v) is 9.15. The van der Waals surface area contributed by atoms with Crippen molar-refractivity contribution >= 4 is 17.7 Å². The first-order chi connectivity index (χ1) is 12.8. The van der Waals surface area contributed by atoms with Crippen LogP contribution in [0.4, 0.5) is 0 Å². The third-order valence-corrected chi connectivity index (χ3v) is 7.43. The van der Waals surface area contributed by atoms with Gasteiger partial charge in [0.05, 0.1) is 25.3 Å². The Hall–Kier alpha value is -0.460. The van der Waals surface area contributed by atoms with Crippen LogP contribution in [0.2, 0.25) is 0 Å². The van der Waals surface area contributed by atoms with Crippen molar-refractivity contribution in [2.24, 2.45) is 10.9 Å². The highest BCUT2D eigenvalue weighted by atomic mass is 32.2. The fourth-order valence-electron chi connectivity index (χ4n) is 4.57. The zero-order valence-corrected chi connectivity index (χ0v) is 17.4. The molecule has 2 saturated heterocycles. The number of nitrogens with zero attached hydrogens (tertiary/aromatic N) is 2. The van der Waals surface area contributed by atoms with Crippen LogP contribution in [0.25, 0.3) is 0 Å². The second kappa shape index (κ2) is 10.8. The Morgan fingerprint density at radius 2 is 2.04 bits per heavy atom. The predicted molar refractivity (Wildman–Crippen MR) is 112 cm³/mol. The molecule has 3 fully saturated rings. The lowest BCUT2D eigenvalue weighted by molar-refractivity contribution is -0.0104. The Labute approximate surface area is 164 Å². The van der Waals surface area contributed by atoms with E-state index in [1.807, 2.05) is 0 Å². The zero-order valence-electron chi connectivity index (χ0n) is 16.6. The minimum Gasteiger partial charge on any atom is -0.379 e. The summed E-state index contributed by atoms with van der Waals surface area (Å²) >= 11 is 2.08. The van der Waals surface area contributed by atoms with E-state index >= 15 is 0 Å². The maximum atomic E-state index is 5.57. The molecule has 2 N–H and O–H groups in total. The van der Waals surface area contributed by atoms with Gasteiger partial charge in [-0.15, -0.1) is 0 Å². The number of hydrogen-bond donors (Lipinski definition) is 2. The number of thioether (sulfide) groups is 1. The molecule has 0 aromatic heterocycles. The molecule has 1 aliphatic carbocycles. The summed E-state index contributed by atoms with van der Waals surface area (Å²) in [6.45, 7) is 8.88. The summed E-state index contributed by atoms with van der Waals surface area (Å²) in [5.74, 6) is 4.45. The second-order valence-electron chi connectivity index (χ2n) is 8.04. The normalized spacial score (nSPS) is 28.6. The summed E-state index contributed by atoms with van der Waals surface area (Å²) in [7, 11) is 0. The zero-order chi connectivity index (χ0) is 18.1. The van der Waals surface area contributed by atoms with Crippen molar-refractivity contribution in [3.8, 4) is 0 Å². The third kappa shape index (κ3) is 5.77. The van der Waals surface area contributed by atoms with Crippen molar-refractivity contribution in [2.75, 3.05) is 57.4 Å². The standard InChI is InChI=1S/C20H38N4OS/c1-2-21-19(22-10-5-8-18-6-3-4-7-18)23-16-20(9-15-26-17-20)24-11-13-25-14-12-24/h18H,2-17H2,1H3,(H2,21,22,23). The third-order valence-electron chi connectivity index (χ3n) is 6.20. The molecule has 3 rings (SSSR count). The van der Waals surface area contributed by atoms with Gasteiger partial charge in [0.1, 0.15) is 0 Å². The van der Waals surface area contributed by atoms with Crippen molar-refractivity contribution in [1.82, 2.24) is 15.5 Å². The lowest BCUT2D eigenvalue weighted by Gasteiger charge is -2.42. The van der Waals surface area contributed by atoms with Crippen molar-refractivity contribution in [3.05, 3.63) is 0 Å². The van der Waals surface area contributed by atoms with E-state index in [1.54, 1.807) is 0 Å². The van der Waals surface area contributed by atoms with Crippen LogP contribution in [0.1, 0.15) is 51.9 Å². The molecule has 1 atom stereocenters. The van der Waals surface area contributed by atoms with Gasteiger partial charge >= 0.3 is 0 Å². The number of nitrogens with one attached hydrogen (secondary N) is 2. The molecule has 1 unspecified atom stereocenters. The van der Waals surface area contributed by atoms with Crippen LogP contribution in [0, 0.1) is 5.92 Å². The van der Waals surface area contributed by atoms with Crippen molar-refractivity contribution in [2.45, 2.75) is 57.4 Å². The average Bonchev–Trinajstić information content (AvgIpc) is 3.36. The molecular weight excluding hydrogens is 344 g/mol. The minimum atomic E-state index is 0.237. The van der Waals surface area contributed by atoms with Crippen LogP contribution in [0.5, 0.6) is 0 Å². The molecule has 0 aromatic carbocycles. The van der Waals surface area contributed by atoms with Gasteiger partial charge in [-0.2, -0.15) is 11.8 Å². The summed E-state index contributed by atoms with van der Waals surface area (Å²) in [5.41, 5.74) is 0.237. The van der Waals surface area contributed by atoms with Crippen molar-refractivity contribution < 1.29 is 4.74 Å². The smallest absolute Gasteiger partial charge is 0.191 e. The highest BCUT2D eigenvalue weighted by molar-refractivity contribution is 7.99. The Balaban J connectivity index is 1.49. The van der Waals surface area contributed by atoms with E-state index in [2.05, 4.69) is 34.2 Å². The Kier molecular flexibility index (Phi) is 8.40. The summed E-state index contributed by atoms with van der Waals surface area (Å²) in [6.07, 6.45) is 9.69. The summed E-state index contributed by atoms with van der Waals surface area (Å²) in [6, 6.07) is 0. The van der Waals surface area contributed by atoms with Gasteiger partial charge in [-0.3, -0.25) is 9.89 Å². The van der Waals surface area contributed by atoms with E-state index in [9.17, 15) is 0 Å². The monoisotopic (exact) mass is 382 g/mol. The van der Waals surface area contributed by atoms with Gasteiger partial charge in [0.2, 0.25) is 0 Å². The molecule has 0 amide bonds. The van der Waals surface area contributed by atoms with Gasteiger partial charge in [-0.05, 0) is 37.9 Å². The van der Waals surface area contributed by atoms with Crippen molar-refractivity contribution in [1.29, 1.82) is 0 Å². The van der Waals surface area contributed by atoms with Crippen LogP contribution in [-0.4, -0.2) is 73.8 Å². The minimum absolute atomic E-state index is 0.237. The fraction of sp³-hybridized carbons (Fsp3) is 0.950. The average molecular weight is 383 g/mol. The predicted octanol–water partition coefficient (Wildman–Crippen LogP) is 2.72. The summed E-state index contributed by atoms with van der Waals surface area (Å²) in [5, 5.41) is 7.02. The Morgan fingerprint density at radius 3 is 2.73 bits per heavy atom. The number of guanidine groups is 1. The van der Waals surface area contributed by atoms with E-state index in [4.69, 9.17) is 9.73 Å². The van der Waals surface area contributed by atoms with E-state index < -0.39 is 0 Å². The topological polar surface area (TPSA) is 48.9 Å². The first kappa shape index (κ1) is 20.3. The van der Waals surface area contributed by atoms with Crippen LogP contribution >= 0.6 is 11.8 Å². The number of ether oxygens (including phenoxy) is 1. The molecular formula is C20H38N4OS. The molecule has 0 aromatic rings. The molecule has 6 heteroatoms. The van der Waals surface area contributed by atoms with Gasteiger partial charge in [0.15, 0.2) is 5.96 Å². The van der Waals surface area contributed by atoms with Gasteiger partial charge in [-0.1, -0.05) is 25.7 Å². The quantitative estimate of drug-likeness (QED) is 0.384. The van der Waals surface area contributed by atoms with E-state index in [1.165, 1.54) is 56.5 Å². The molecule has 26 heavy (non-hydrogen) atoms. The highest BCUT2D eigenvalue weighted by Crippen LogP contribution is 2.34. The largest absolute Gasteiger partial charge is 0.379 e. The summed E-state index contributed by atoms with van der Waals surface area (Å²) < 4.78 is 5.57. The van der Waals surface area contributed by atoms with Crippen LogP contribution < -0.4 is 10.6 Å². The molecule has 0 bridgehead atoms. The fourth-order valence-corrected chi connectivity index (χ4v) is 6.04. The maximum Gasteiger partial charge on any atom is 0.191 e. The maximum absolute atomic E-state index is 5.57. The number of rotatable bonds is 8. The molecule has 2 heterocycles. The van der Waals surface area contributed by atoms with Gasteiger partial charge in [0.25, 0.3) is 0 Å². The molecule has 150 valence electrons. The van der Waals surface area contributed by atoms with Crippen LogP contribution in [0.3, 0.4) is 0 Å². The lowest BCUT2D eigenvalue weighted by atomic mass is 9.96. The number of hydrogen-bond acceptors (Lipinski definition) is 4.